The molecule has 4 heterocycles. The Balaban J connectivity index is 1.11. The molecule has 0 unspecified atom stereocenters. The molecular formula is C25H20ClN9O4S. The Labute approximate surface area is 231 Å². The van der Waals surface area contributed by atoms with Crippen LogP contribution in [-0.4, -0.2) is 44.5 Å². The van der Waals surface area contributed by atoms with Gasteiger partial charge >= 0.3 is 0 Å². The van der Waals surface area contributed by atoms with E-state index in [1.165, 1.54) is 35.2 Å². The summed E-state index contributed by atoms with van der Waals surface area (Å²) < 4.78 is 35.1. The minimum absolute atomic E-state index is 0.116. The molecule has 0 aliphatic carbocycles. The number of hydrogen-bond acceptors (Lipinski definition) is 10. The number of nitrogens with zero attached hydrogens (tertiary/aromatic N) is 5. The SMILES string of the molecule is Nc1nc(NCCc2ccc(NS(=O)(=O)c3cc(Cl)c4[nH]ccc(=O)c4c3)cc2)nc2nc(-c3ccco3)nn12. The van der Waals surface area contributed by atoms with Crippen molar-refractivity contribution >= 4 is 55.9 Å². The predicted molar refractivity (Wildman–Crippen MR) is 150 cm³/mol. The van der Waals surface area contributed by atoms with E-state index in [9.17, 15) is 13.2 Å². The first kappa shape index (κ1) is 25.3. The molecule has 15 heteroatoms. The molecule has 0 radical (unpaired) electrons. The lowest BCUT2D eigenvalue weighted by Gasteiger charge is -2.11. The van der Waals surface area contributed by atoms with Gasteiger partial charge in [0.2, 0.25) is 17.7 Å². The highest BCUT2D eigenvalue weighted by atomic mass is 35.5. The summed E-state index contributed by atoms with van der Waals surface area (Å²) >= 11 is 6.22. The van der Waals surface area contributed by atoms with Crippen molar-refractivity contribution in [2.75, 3.05) is 22.3 Å². The number of furan rings is 1. The van der Waals surface area contributed by atoms with Gasteiger partial charge in [0.15, 0.2) is 11.2 Å². The predicted octanol–water partition coefficient (Wildman–Crippen LogP) is 3.31. The van der Waals surface area contributed by atoms with Crippen LogP contribution in [0, 0.1) is 0 Å². The Morgan fingerprint density at radius 3 is 2.67 bits per heavy atom. The number of nitrogens with two attached hydrogens (primary N) is 1. The number of halogens is 1. The van der Waals surface area contributed by atoms with Crippen molar-refractivity contribution in [3.8, 4) is 11.6 Å². The number of pyridine rings is 1. The second-order valence-corrected chi connectivity index (χ2v) is 10.8. The first-order valence-corrected chi connectivity index (χ1v) is 13.7. The van der Waals surface area contributed by atoms with E-state index < -0.39 is 10.0 Å². The Kier molecular flexibility index (Phi) is 6.32. The summed E-state index contributed by atoms with van der Waals surface area (Å²) in [7, 11) is -3.99. The summed E-state index contributed by atoms with van der Waals surface area (Å²) in [6, 6.07) is 14.3. The fraction of sp³-hybridized carbons (Fsp3) is 0.0800. The molecule has 0 fully saturated rings. The number of rotatable bonds is 8. The fourth-order valence-electron chi connectivity index (χ4n) is 4.04. The molecule has 6 aromatic rings. The Morgan fingerprint density at radius 1 is 1.07 bits per heavy atom. The molecule has 0 aliphatic rings. The molecular weight excluding hydrogens is 558 g/mol. The van der Waals surface area contributed by atoms with E-state index in [1.807, 2.05) is 0 Å². The van der Waals surface area contributed by atoms with E-state index in [1.54, 1.807) is 36.4 Å². The number of aromatic amines is 1. The Bertz CT molecular complexity index is 2020. The summed E-state index contributed by atoms with van der Waals surface area (Å²) in [4.78, 5) is 27.8. The lowest BCUT2D eigenvalue weighted by molar-refractivity contribution is 0.577. The third-order valence-corrected chi connectivity index (χ3v) is 7.64. The number of H-pyrrole nitrogens is 1. The summed E-state index contributed by atoms with van der Waals surface area (Å²) in [5.41, 5.74) is 7.35. The number of nitrogens with one attached hydrogen (secondary N) is 3. The van der Waals surface area contributed by atoms with Crippen molar-refractivity contribution in [2.24, 2.45) is 0 Å². The van der Waals surface area contributed by atoms with Crippen LogP contribution in [-0.2, 0) is 16.4 Å². The van der Waals surface area contributed by atoms with Crippen molar-refractivity contribution in [3.63, 3.8) is 0 Å². The number of fused-ring (bicyclic) bond motifs is 2. The molecule has 0 atom stereocenters. The molecule has 0 saturated carbocycles. The molecule has 0 amide bonds. The van der Waals surface area contributed by atoms with Crippen LogP contribution in [0.15, 0.2) is 81.2 Å². The van der Waals surface area contributed by atoms with Crippen LogP contribution in [0.4, 0.5) is 17.6 Å². The van der Waals surface area contributed by atoms with Crippen LogP contribution in [0.5, 0.6) is 0 Å². The van der Waals surface area contributed by atoms with Crippen LogP contribution in [0.3, 0.4) is 0 Å². The zero-order valence-electron chi connectivity index (χ0n) is 20.5. The maximum Gasteiger partial charge on any atom is 0.261 e. The van der Waals surface area contributed by atoms with Crippen LogP contribution < -0.4 is 21.2 Å². The van der Waals surface area contributed by atoms with E-state index in [4.69, 9.17) is 21.8 Å². The molecule has 40 heavy (non-hydrogen) atoms. The van der Waals surface area contributed by atoms with Gasteiger partial charge in [-0.05, 0) is 48.4 Å². The second-order valence-electron chi connectivity index (χ2n) is 8.68. The first-order chi connectivity index (χ1) is 19.3. The average molecular weight is 578 g/mol. The van der Waals surface area contributed by atoms with Crippen molar-refractivity contribution in [1.82, 2.24) is 29.5 Å². The number of hydrogen-bond donors (Lipinski definition) is 4. The standard InChI is InChI=1S/C25H20ClN9O4S/c26-18-13-16(12-17-19(36)8-10-28-21(17)18)40(37,38)34-15-5-3-14(4-6-15)7-9-29-24-31-23(27)35-25(32-24)30-22(33-35)20-2-1-11-39-20/h1-6,8,10-13,34H,7,9H2,(H,28,36)(H3,27,29,30,31,32,33). The van der Waals surface area contributed by atoms with Crippen molar-refractivity contribution in [1.29, 1.82) is 0 Å². The third-order valence-electron chi connectivity index (χ3n) is 5.98. The van der Waals surface area contributed by atoms with Gasteiger partial charge in [0.25, 0.3) is 15.8 Å². The van der Waals surface area contributed by atoms with E-state index in [2.05, 4.69) is 35.1 Å². The van der Waals surface area contributed by atoms with E-state index in [0.29, 0.717) is 41.7 Å². The van der Waals surface area contributed by atoms with Crippen LogP contribution in [0.25, 0.3) is 28.3 Å². The zero-order valence-corrected chi connectivity index (χ0v) is 22.1. The highest BCUT2D eigenvalue weighted by molar-refractivity contribution is 7.92. The van der Waals surface area contributed by atoms with Gasteiger partial charge in [0.1, 0.15) is 0 Å². The van der Waals surface area contributed by atoms with Gasteiger partial charge in [0.05, 0.1) is 21.7 Å². The highest BCUT2D eigenvalue weighted by Gasteiger charge is 2.18. The van der Waals surface area contributed by atoms with Crippen LogP contribution in [0.1, 0.15) is 5.56 Å². The molecule has 0 aliphatic heterocycles. The summed E-state index contributed by atoms with van der Waals surface area (Å²) in [5.74, 6) is 1.51. The van der Waals surface area contributed by atoms with Crippen LogP contribution >= 0.6 is 11.6 Å². The largest absolute Gasteiger partial charge is 0.461 e. The average Bonchev–Trinajstić information content (AvgIpc) is 3.61. The Morgan fingerprint density at radius 2 is 1.90 bits per heavy atom. The zero-order chi connectivity index (χ0) is 27.9. The summed E-state index contributed by atoms with van der Waals surface area (Å²) in [6.45, 7) is 0.476. The molecule has 4 aromatic heterocycles. The van der Waals surface area contributed by atoms with Crippen molar-refractivity contribution in [2.45, 2.75) is 11.3 Å². The van der Waals surface area contributed by atoms with E-state index in [-0.39, 0.29) is 32.5 Å². The molecule has 0 saturated heterocycles. The Hall–Kier alpha value is -4.95. The maximum atomic E-state index is 13.0. The molecule has 0 bridgehead atoms. The molecule has 6 rings (SSSR count). The smallest absolute Gasteiger partial charge is 0.261 e. The van der Waals surface area contributed by atoms with Gasteiger partial charge in [-0.15, -0.1) is 5.10 Å². The minimum Gasteiger partial charge on any atom is -0.461 e. The van der Waals surface area contributed by atoms with Gasteiger partial charge in [0, 0.05) is 29.9 Å². The van der Waals surface area contributed by atoms with Crippen molar-refractivity contribution < 1.29 is 12.8 Å². The molecule has 202 valence electrons. The van der Waals surface area contributed by atoms with Crippen molar-refractivity contribution in [3.05, 3.63) is 87.9 Å². The van der Waals surface area contributed by atoms with Gasteiger partial charge in [-0.3, -0.25) is 9.52 Å². The molecule has 0 spiro atoms. The highest BCUT2D eigenvalue weighted by Crippen LogP contribution is 2.26. The molecule has 2 aromatic carbocycles. The van der Waals surface area contributed by atoms with Crippen LogP contribution in [0.2, 0.25) is 5.02 Å². The third kappa shape index (κ3) is 4.92. The quantitative estimate of drug-likeness (QED) is 0.209. The minimum atomic E-state index is -3.99. The first-order valence-electron chi connectivity index (χ1n) is 11.9. The van der Waals surface area contributed by atoms with E-state index in [0.717, 1.165) is 5.56 Å². The maximum absolute atomic E-state index is 13.0. The van der Waals surface area contributed by atoms with Gasteiger partial charge in [-0.2, -0.15) is 19.5 Å². The topological polar surface area (TPSA) is 186 Å². The summed E-state index contributed by atoms with van der Waals surface area (Å²) in [6.07, 6.45) is 3.57. The number of sulfonamides is 1. The number of anilines is 3. The monoisotopic (exact) mass is 577 g/mol. The fourth-order valence-corrected chi connectivity index (χ4v) is 5.48. The van der Waals surface area contributed by atoms with Gasteiger partial charge in [-0.1, -0.05) is 23.7 Å². The number of nitrogen functional groups attached to an aromatic ring is 1. The lowest BCUT2D eigenvalue weighted by atomic mass is 10.1. The second kappa shape index (κ2) is 9.98. The lowest BCUT2D eigenvalue weighted by Crippen LogP contribution is -2.14. The molecule has 5 N–H and O–H groups in total. The summed E-state index contributed by atoms with van der Waals surface area (Å²) in [5, 5.41) is 7.69. The van der Waals surface area contributed by atoms with Gasteiger partial charge in [-0.25, -0.2) is 8.42 Å². The molecule has 13 nitrogen and oxygen atoms in total. The van der Waals surface area contributed by atoms with Gasteiger partial charge < -0.3 is 20.5 Å². The van der Waals surface area contributed by atoms with E-state index >= 15 is 0 Å². The number of benzene rings is 2. The number of aromatic nitrogens is 6. The normalized spacial score (nSPS) is 11.7.